The molecule has 0 saturated heterocycles. The number of ether oxygens (including phenoxy) is 3. The van der Waals surface area contributed by atoms with Crippen LogP contribution >= 0.6 is 0 Å². The van der Waals surface area contributed by atoms with Crippen LogP contribution in [0.5, 0.6) is 17.2 Å². The minimum atomic E-state index is -0.458. The van der Waals surface area contributed by atoms with Crippen molar-refractivity contribution in [2.24, 2.45) is 0 Å². The van der Waals surface area contributed by atoms with E-state index in [4.69, 9.17) is 18.6 Å². The molecule has 0 unspecified atom stereocenters. The Morgan fingerprint density at radius 3 is 2.65 bits per heavy atom. The van der Waals surface area contributed by atoms with E-state index in [1.165, 1.54) is 6.07 Å². The Labute approximate surface area is 150 Å². The lowest BCUT2D eigenvalue weighted by Gasteiger charge is -2.06. The zero-order chi connectivity index (χ0) is 17.8. The molecule has 2 aromatic carbocycles. The molecule has 0 N–H and O–H groups in total. The van der Waals surface area contributed by atoms with E-state index in [9.17, 15) is 4.79 Å². The molecule has 5 heteroatoms. The Bertz CT molecular complexity index is 989. The number of rotatable bonds is 5. The smallest absolute Gasteiger partial charge is 0.339 e. The minimum absolute atomic E-state index is 0.234. The highest BCUT2D eigenvalue weighted by atomic mass is 16.7. The Balaban J connectivity index is 1.49. The molecule has 130 valence electrons. The first kappa shape index (κ1) is 16.0. The minimum Gasteiger partial charge on any atom is -0.488 e. The molecule has 0 spiro atoms. The van der Waals surface area contributed by atoms with Crippen molar-refractivity contribution in [2.75, 3.05) is 6.79 Å². The van der Waals surface area contributed by atoms with Gasteiger partial charge in [0.1, 0.15) is 18.1 Å². The maximum atomic E-state index is 11.8. The number of hydrogen-bond donors (Lipinski definition) is 0. The van der Waals surface area contributed by atoms with E-state index in [0.29, 0.717) is 23.9 Å². The van der Waals surface area contributed by atoms with Crippen molar-refractivity contribution in [3.05, 3.63) is 88.0 Å². The molecule has 4 rings (SSSR count). The van der Waals surface area contributed by atoms with Gasteiger partial charge in [0, 0.05) is 6.07 Å². The predicted octanol–water partition coefficient (Wildman–Crippen LogP) is 4.12. The largest absolute Gasteiger partial charge is 0.488 e. The molecular weight excluding hydrogens is 332 g/mol. The van der Waals surface area contributed by atoms with Crippen LogP contribution in [0, 0.1) is 0 Å². The van der Waals surface area contributed by atoms with Crippen LogP contribution in [0.15, 0.2) is 69.9 Å². The third-order valence-corrected chi connectivity index (χ3v) is 3.85. The van der Waals surface area contributed by atoms with Crippen LogP contribution in [-0.2, 0) is 6.61 Å². The lowest BCUT2D eigenvalue weighted by atomic mass is 10.2. The first-order chi connectivity index (χ1) is 12.8. The lowest BCUT2D eigenvalue weighted by Crippen LogP contribution is -2.02. The second-order valence-corrected chi connectivity index (χ2v) is 5.73. The molecule has 0 aliphatic carbocycles. The maximum absolute atomic E-state index is 11.8. The highest BCUT2D eigenvalue weighted by Crippen LogP contribution is 2.33. The molecule has 2 heterocycles. The standard InChI is InChI=1S/C21H16O5/c22-21-12-18(23-13-16-4-2-1-3-5-16)11-17(26-21)8-6-15-7-9-19-20(10-15)25-14-24-19/h1-12H,13-14H2. The van der Waals surface area contributed by atoms with Gasteiger partial charge in [-0.05, 0) is 29.3 Å². The number of benzene rings is 2. The Kier molecular flexibility index (Phi) is 4.43. The summed E-state index contributed by atoms with van der Waals surface area (Å²) in [4.78, 5) is 11.8. The first-order valence-corrected chi connectivity index (χ1v) is 8.16. The van der Waals surface area contributed by atoms with E-state index in [1.807, 2.05) is 54.6 Å². The highest BCUT2D eigenvalue weighted by Gasteiger charge is 2.12. The maximum Gasteiger partial charge on any atom is 0.339 e. The van der Waals surface area contributed by atoms with Gasteiger partial charge in [-0.15, -0.1) is 0 Å². The fraction of sp³-hybridized carbons (Fsp3) is 0.0952. The van der Waals surface area contributed by atoms with E-state index >= 15 is 0 Å². The van der Waals surface area contributed by atoms with Crippen LogP contribution in [0.4, 0.5) is 0 Å². The van der Waals surface area contributed by atoms with Crippen molar-refractivity contribution in [1.29, 1.82) is 0 Å². The first-order valence-electron chi connectivity index (χ1n) is 8.16. The molecule has 0 fully saturated rings. The van der Waals surface area contributed by atoms with Crippen LogP contribution < -0.4 is 19.8 Å². The summed E-state index contributed by atoms with van der Waals surface area (Å²) in [5, 5.41) is 0. The van der Waals surface area contributed by atoms with Gasteiger partial charge < -0.3 is 18.6 Å². The summed E-state index contributed by atoms with van der Waals surface area (Å²) in [5.41, 5.74) is 1.48. The molecule has 1 aromatic heterocycles. The predicted molar refractivity (Wildman–Crippen MR) is 97.2 cm³/mol. The van der Waals surface area contributed by atoms with Crippen LogP contribution in [-0.4, -0.2) is 6.79 Å². The van der Waals surface area contributed by atoms with E-state index in [1.54, 1.807) is 12.1 Å². The van der Waals surface area contributed by atoms with Gasteiger partial charge in [0.2, 0.25) is 6.79 Å². The van der Waals surface area contributed by atoms with Crippen molar-refractivity contribution in [3.63, 3.8) is 0 Å². The molecule has 0 bridgehead atoms. The summed E-state index contributed by atoms with van der Waals surface area (Å²) in [6, 6.07) is 18.4. The van der Waals surface area contributed by atoms with Crippen molar-refractivity contribution in [2.45, 2.75) is 6.61 Å². The Hall–Kier alpha value is -3.47. The van der Waals surface area contributed by atoms with Crippen molar-refractivity contribution in [1.82, 2.24) is 0 Å². The van der Waals surface area contributed by atoms with Crippen molar-refractivity contribution < 1.29 is 18.6 Å². The zero-order valence-corrected chi connectivity index (χ0v) is 13.9. The van der Waals surface area contributed by atoms with E-state index in [-0.39, 0.29) is 6.79 Å². The quantitative estimate of drug-likeness (QED) is 0.694. The normalized spacial score (nSPS) is 12.5. The molecule has 26 heavy (non-hydrogen) atoms. The summed E-state index contributed by atoms with van der Waals surface area (Å²) >= 11 is 0. The lowest BCUT2D eigenvalue weighted by molar-refractivity contribution is 0.174. The summed E-state index contributed by atoms with van der Waals surface area (Å²) < 4.78 is 21.5. The van der Waals surface area contributed by atoms with Gasteiger partial charge >= 0.3 is 5.63 Å². The van der Waals surface area contributed by atoms with Crippen LogP contribution in [0.1, 0.15) is 16.9 Å². The summed E-state index contributed by atoms with van der Waals surface area (Å²) in [7, 11) is 0. The molecule has 5 nitrogen and oxygen atoms in total. The van der Waals surface area contributed by atoms with E-state index in [2.05, 4.69) is 0 Å². The Morgan fingerprint density at radius 2 is 1.77 bits per heavy atom. The monoisotopic (exact) mass is 348 g/mol. The SMILES string of the molecule is O=c1cc(OCc2ccccc2)cc(C=Cc2ccc3c(c2)OCO3)o1. The van der Waals surface area contributed by atoms with Crippen LogP contribution in [0.25, 0.3) is 12.2 Å². The molecule has 0 amide bonds. The zero-order valence-electron chi connectivity index (χ0n) is 13.9. The summed E-state index contributed by atoms with van der Waals surface area (Å²) in [5.74, 6) is 2.31. The third kappa shape index (κ3) is 3.78. The summed E-state index contributed by atoms with van der Waals surface area (Å²) in [6.45, 7) is 0.619. The highest BCUT2D eigenvalue weighted by molar-refractivity contribution is 5.69. The van der Waals surface area contributed by atoms with E-state index < -0.39 is 5.63 Å². The molecule has 0 saturated carbocycles. The fourth-order valence-corrected chi connectivity index (χ4v) is 2.57. The Morgan fingerprint density at radius 1 is 0.923 bits per heavy atom. The molecule has 0 radical (unpaired) electrons. The molecule has 1 aliphatic rings. The van der Waals surface area contributed by atoms with Crippen molar-refractivity contribution >= 4 is 12.2 Å². The average Bonchev–Trinajstić information content (AvgIpc) is 3.13. The van der Waals surface area contributed by atoms with Gasteiger partial charge in [-0.2, -0.15) is 0 Å². The van der Waals surface area contributed by atoms with Crippen molar-refractivity contribution in [3.8, 4) is 17.2 Å². The molecule has 0 atom stereocenters. The average molecular weight is 348 g/mol. The number of fused-ring (bicyclic) bond motifs is 1. The topological polar surface area (TPSA) is 57.9 Å². The number of hydrogen-bond acceptors (Lipinski definition) is 5. The fourth-order valence-electron chi connectivity index (χ4n) is 2.57. The third-order valence-electron chi connectivity index (χ3n) is 3.85. The van der Waals surface area contributed by atoms with Gasteiger partial charge in [0.05, 0.1) is 6.07 Å². The van der Waals surface area contributed by atoms with Gasteiger partial charge in [-0.3, -0.25) is 0 Å². The molecule has 3 aromatic rings. The van der Waals surface area contributed by atoms with Crippen LogP contribution in [0.2, 0.25) is 0 Å². The molecular formula is C21H16O5. The van der Waals surface area contributed by atoms with Crippen LogP contribution in [0.3, 0.4) is 0 Å². The van der Waals surface area contributed by atoms with Gasteiger partial charge in [0.15, 0.2) is 11.5 Å². The van der Waals surface area contributed by atoms with Gasteiger partial charge in [-0.1, -0.05) is 42.5 Å². The second kappa shape index (κ2) is 7.19. The van der Waals surface area contributed by atoms with Gasteiger partial charge in [0.25, 0.3) is 0 Å². The summed E-state index contributed by atoms with van der Waals surface area (Å²) in [6.07, 6.45) is 3.55. The van der Waals surface area contributed by atoms with E-state index in [0.717, 1.165) is 16.9 Å². The second-order valence-electron chi connectivity index (χ2n) is 5.73. The van der Waals surface area contributed by atoms with Gasteiger partial charge in [-0.25, -0.2) is 4.79 Å². The molecule has 1 aliphatic heterocycles.